The molecule has 4 aliphatic rings. The number of fused-ring (bicyclic) bond motifs is 8. The van der Waals surface area contributed by atoms with Crippen LogP contribution in [0.15, 0.2) is 206 Å². The minimum atomic E-state index is -3.64. The summed E-state index contributed by atoms with van der Waals surface area (Å²) in [5.74, 6) is 4.60. The molecule has 0 fully saturated rings. The van der Waals surface area contributed by atoms with Gasteiger partial charge in [-0.05, 0) is 187 Å². The van der Waals surface area contributed by atoms with E-state index in [0.717, 1.165) is 55.9 Å². The van der Waals surface area contributed by atoms with Crippen LogP contribution in [-0.4, -0.2) is 16.8 Å². The molecule has 39 heteroatoms. The van der Waals surface area contributed by atoms with E-state index in [4.69, 9.17) is 18.9 Å². The van der Waals surface area contributed by atoms with Gasteiger partial charge in [-0.2, -0.15) is 0 Å². The van der Waals surface area contributed by atoms with Crippen LogP contribution in [0.5, 0.6) is 46.0 Å². The molecule has 15 atom stereocenters. The quantitative estimate of drug-likeness (QED) is 0.118. The molecule has 15 unspecified atom stereocenters. The number of hydrogen-bond donors (Lipinski definition) is 1. The van der Waals surface area contributed by atoms with Crippen molar-refractivity contribution in [3.8, 4) is 46.0 Å². The highest BCUT2D eigenvalue weighted by Gasteiger charge is 2.48. The van der Waals surface area contributed by atoms with Gasteiger partial charge >= 0.3 is 0 Å². The van der Waals surface area contributed by atoms with E-state index in [1.54, 1.807) is 84.9 Å². The van der Waals surface area contributed by atoms with Crippen LogP contribution in [0.4, 0.5) is 28.4 Å². The Bertz CT molecular complexity index is 3830. The molecule has 0 spiro atoms. The Morgan fingerprint density at radius 1 is 0.330 bits per heavy atom. The molecule has 0 amide bonds. The first kappa shape index (κ1) is 77.9. The fourth-order valence-electron chi connectivity index (χ4n) is 8.66. The minimum Gasteiger partial charge on any atom is -0.455 e. The molecule has 4 heterocycles. The third kappa shape index (κ3) is 18.6. The lowest BCUT2D eigenvalue weighted by molar-refractivity contribution is 0.442. The van der Waals surface area contributed by atoms with Gasteiger partial charge in [-0.3, -0.25) is 0 Å². The monoisotopic (exact) mass is 1760 g/mol. The van der Waals surface area contributed by atoms with Crippen LogP contribution in [-0.2, 0) is 19.7 Å². The first-order valence-corrected chi connectivity index (χ1v) is 75.0. The van der Waals surface area contributed by atoms with Gasteiger partial charge in [0.1, 0.15) is 42.6 Å². The van der Waals surface area contributed by atoms with Crippen LogP contribution < -0.4 is 29.2 Å². The standard InChI is InChI=1S/C24H15NO4S.C12H7BrO3S.C12H9NO.CH4.H28P26/c26-30(27)23-12-6-5-11-21(23)29-22-15-16(13-14-24(22)30)25-17-7-1-3-9-19(17)28-20-10-4-2-8-18(20)25;13-8-5-6-12-10(7-8)16-9-3-1-2-4-11(9)17(12,14)15;1-3-7-11-9(5-1)13-10-6-2-4-8-12(10)14-11;;1-15(2)22(16(3)4)25(21(13)14)26(23(17(5)6)18(7)8)24(19(9)10)20(11)12/h1-15H;1-7H;1-8,13H;1H4;1-14H2. The summed E-state index contributed by atoms with van der Waals surface area (Å²) in [6.45, 7) is 0.206. The normalized spacial score (nSPS) is 14.5. The van der Waals surface area contributed by atoms with Gasteiger partial charge in [0.15, 0.2) is 23.0 Å². The molecule has 10 nitrogen and oxygen atoms in total. The highest BCUT2D eigenvalue weighted by molar-refractivity contribution is 9.41. The van der Waals surface area contributed by atoms with Gasteiger partial charge in [0.05, 0.1) is 28.4 Å². The Balaban J connectivity index is 0.000000157. The smallest absolute Gasteiger partial charge is 0.213 e. The SMILES string of the molecule is C.O=S1(=O)c2ccccc2Oc2cc(Br)ccc21.O=S1(=O)c2ccccc2Oc2cc(N3c4ccccc4Oc4ccccc43)ccc21.PP(P)P(P(P)P)P(P(P)P)P(P(P(P)P)P(P)P)P(P(P)P)P(P)P.c1ccc2c(c1)Nc1ccccc1O2. The van der Waals surface area contributed by atoms with Crippen molar-refractivity contribution in [2.45, 2.75) is 27.0 Å². The predicted molar refractivity (Wildman–Crippen MR) is 461 cm³/mol. The van der Waals surface area contributed by atoms with Crippen molar-refractivity contribution >= 4 is 273 Å². The molecule has 8 aromatic carbocycles. The number of nitrogens with one attached hydrogen (secondary N) is 1. The summed E-state index contributed by atoms with van der Waals surface area (Å²) in [6, 6.07) is 54.7. The van der Waals surface area contributed by atoms with Crippen LogP contribution in [0.3, 0.4) is 0 Å². The van der Waals surface area contributed by atoms with Crippen molar-refractivity contribution in [3.63, 3.8) is 0 Å². The second-order valence-corrected chi connectivity index (χ2v) is 127. The van der Waals surface area contributed by atoms with E-state index in [2.05, 4.69) is 146 Å². The third-order valence-corrected chi connectivity index (χ3v) is 183. The van der Waals surface area contributed by atoms with Gasteiger partial charge in [0, 0.05) is 10.5 Å². The second-order valence-electron chi connectivity index (χ2n) is 17.9. The van der Waals surface area contributed by atoms with Gasteiger partial charge in [-0.15, -0.1) is 125 Å². The van der Waals surface area contributed by atoms with Crippen LogP contribution in [0, 0.1) is 0 Å². The summed E-state index contributed by atoms with van der Waals surface area (Å²) in [5.41, 5.74) is 4.56. The molecule has 0 aliphatic carbocycles. The molecule has 0 radical (unpaired) electrons. The highest BCUT2D eigenvalue weighted by Crippen LogP contribution is 3.35. The first-order chi connectivity index (χ1) is 41.4. The summed E-state index contributed by atoms with van der Waals surface area (Å²) in [7, 11) is 38.2. The van der Waals surface area contributed by atoms with E-state index in [1.165, 1.54) is 0 Å². The maximum absolute atomic E-state index is 13.1. The van der Waals surface area contributed by atoms with E-state index in [0.29, 0.717) is 23.0 Å². The second kappa shape index (κ2) is 35.6. The number of rotatable bonds is 12. The van der Waals surface area contributed by atoms with Crippen molar-refractivity contribution in [3.05, 3.63) is 186 Å². The number of para-hydroxylation sites is 10. The number of anilines is 5. The fourth-order valence-corrected chi connectivity index (χ4v) is 347. The van der Waals surface area contributed by atoms with Gasteiger partial charge in [0.25, 0.3) is 0 Å². The number of sulfone groups is 2. The van der Waals surface area contributed by atoms with Crippen molar-refractivity contribution in [1.82, 2.24) is 0 Å². The van der Waals surface area contributed by atoms with Crippen molar-refractivity contribution in [2.75, 3.05) is 10.2 Å². The molecule has 0 saturated carbocycles. The summed E-state index contributed by atoms with van der Waals surface area (Å²) in [5, 5.41) is 3.32. The molecule has 0 bridgehead atoms. The van der Waals surface area contributed by atoms with Gasteiger partial charge in [0.2, 0.25) is 19.7 Å². The Morgan fingerprint density at radius 3 is 1.06 bits per heavy atom. The average Bonchev–Trinajstić information content (AvgIpc) is 2.44. The van der Waals surface area contributed by atoms with Crippen molar-refractivity contribution in [2.24, 2.45) is 0 Å². The molecule has 4 aliphatic heterocycles. The van der Waals surface area contributed by atoms with Crippen molar-refractivity contribution < 1.29 is 35.8 Å². The molecule has 466 valence electrons. The molecular formula is C49H63BrN2O8P26S2. The number of hydrogen-bond acceptors (Lipinski definition) is 10. The summed E-state index contributed by atoms with van der Waals surface area (Å²) in [6.07, 6.45) is 0. The molecule has 0 saturated heterocycles. The number of nitrogens with zero attached hydrogens (tertiary/aromatic N) is 1. The van der Waals surface area contributed by atoms with Gasteiger partial charge in [-0.25, -0.2) is 16.8 Å². The van der Waals surface area contributed by atoms with Crippen LogP contribution in [0.25, 0.3) is 0 Å². The zero-order valence-corrected chi connectivity index (χ0v) is 75.3. The highest BCUT2D eigenvalue weighted by atomic mass is 79.9. The predicted octanol–water partition coefficient (Wildman–Crippen LogP) is 28.7. The zero-order chi connectivity index (χ0) is 62.6. The lowest BCUT2D eigenvalue weighted by Gasteiger charge is -2.50. The number of halogens is 1. The van der Waals surface area contributed by atoms with E-state index in [1.807, 2.05) is 102 Å². The van der Waals surface area contributed by atoms with E-state index in [9.17, 15) is 16.8 Å². The molecule has 0 aromatic heterocycles. The zero-order valence-electron chi connectivity index (χ0n) is 45.2. The van der Waals surface area contributed by atoms with E-state index >= 15 is 0 Å². The topological polar surface area (TPSA) is 120 Å². The lowest BCUT2D eigenvalue weighted by Crippen LogP contribution is -2.17. The van der Waals surface area contributed by atoms with Crippen LogP contribution in [0.1, 0.15) is 7.43 Å². The van der Waals surface area contributed by atoms with Crippen molar-refractivity contribution in [1.29, 1.82) is 0 Å². The van der Waals surface area contributed by atoms with Gasteiger partial charge in [-0.1, -0.05) is 96.2 Å². The summed E-state index contributed by atoms with van der Waals surface area (Å²) >= 11 is 3.29. The maximum Gasteiger partial charge on any atom is 0.213 e. The Hall–Kier alpha value is 4.12. The Morgan fingerprint density at radius 2 is 0.636 bits per heavy atom. The minimum absolute atomic E-state index is 0. The fraction of sp³-hybridized carbons (Fsp3) is 0.0204. The summed E-state index contributed by atoms with van der Waals surface area (Å²) in [4.78, 5) is 2.83. The molecule has 88 heavy (non-hydrogen) atoms. The first-order valence-electron chi connectivity index (χ1n) is 24.7. The van der Waals surface area contributed by atoms with Gasteiger partial charge < -0.3 is 29.2 Å². The van der Waals surface area contributed by atoms with E-state index in [-0.39, 0.29) is 111 Å². The van der Waals surface area contributed by atoms with Crippen LogP contribution >= 0.6 is 225 Å². The van der Waals surface area contributed by atoms with E-state index < -0.39 is 19.7 Å². The Kier molecular flexibility index (Phi) is 31.5. The molecular weight excluding hydrogens is 1690 g/mol. The molecule has 12 rings (SSSR count). The molecule has 8 aromatic rings. The maximum atomic E-state index is 13.1. The Labute approximate surface area is 572 Å². The number of benzene rings is 8. The average molecular weight is 1760 g/mol. The van der Waals surface area contributed by atoms with Crippen LogP contribution in [0.2, 0.25) is 0 Å². The number of ether oxygens (including phenoxy) is 4. The molecule has 1 N–H and O–H groups in total. The largest absolute Gasteiger partial charge is 0.455 e. The lowest BCUT2D eigenvalue weighted by atomic mass is 10.1. The third-order valence-electron chi connectivity index (χ3n) is 12.2. The summed E-state index contributed by atoms with van der Waals surface area (Å²) < 4.78 is 74.9.